The van der Waals surface area contributed by atoms with Crippen LogP contribution in [0.25, 0.3) is 0 Å². The zero-order valence-corrected chi connectivity index (χ0v) is 12.5. The molecule has 0 aliphatic rings. The van der Waals surface area contributed by atoms with E-state index in [1.807, 2.05) is 20.8 Å². The molecule has 5 nitrogen and oxygen atoms in total. The number of thioether (sulfide) groups is 1. The van der Waals surface area contributed by atoms with Crippen LogP contribution < -0.4 is 11.5 Å². The molecule has 106 valence electrons. The van der Waals surface area contributed by atoms with Crippen LogP contribution in [0.3, 0.4) is 0 Å². The smallest absolute Gasteiger partial charge is 0.324 e. The third kappa shape index (κ3) is 5.27. The molecule has 0 aliphatic heterocycles. The number of rotatable bonds is 8. The van der Waals surface area contributed by atoms with E-state index in [4.69, 9.17) is 11.5 Å². The van der Waals surface area contributed by atoms with Crippen molar-refractivity contribution < 1.29 is 9.90 Å². The standard InChI is InChI=1S/C12H25N3O2S/c1-5-10(6-15-9(4)13)18-7-12(14,8(2)3)11(16)17/h8,10H,5-7,14H2,1-4H3,(H2,13,15)(H,16,17)/t10?,12-/m1/s1. The lowest BCUT2D eigenvalue weighted by Gasteiger charge is -2.29. The normalized spacial score (nSPS) is 17.6. The molecular weight excluding hydrogens is 250 g/mol. The van der Waals surface area contributed by atoms with E-state index in [0.717, 1.165) is 6.42 Å². The second-order valence-electron chi connectivity index (χ2n) is 4.82. The molecule has 0 rings (SSSR count). The summed E-state index contributed by atoms with van der Waals surface area (Å²) < 4.78 is 0. The number of carboxylic acids is 1. The lowest BCUT2D eigenvalue weighted by Crippen LogP contribution is -2.55. The topological polar surface area (TPSA) is 102 Å². The van der Waals surface area contributed by atoms with Gasteiger partial charge in [-0.05, 0) is 19.3 Å². The number of amidine groups is 1. The van der Waals surface area contributed by atoms with Gasteiger partial charge in [-0.25, -0.2) is 0 Å². The maximum Gasteiger partial charge on any atom is 0.324 e. The van der Waals surface area contributed by atoms with Crippen molar-refractivity contribution in [3.8, 4) is 0 Å². The van der Waals surface area contributed by atoms with E-state index in [-0.39, 0.29) is 11.2 Å². The van der Waals surface area contributed by atoms with Crippen molar-refractivity contribution in [2.45, 2.75) is 44.9 Å². The van der Waals surface area contributed by atoms with E-state index >= 15 is 0 Å². The Bertz CT molecular complexity index is 304. The Morgan fingerprint density at radius 2 is 2.06 bits per heavy atom. The third-order valence-electron chi connectivity index (χ3n) is 2.99. The van der Waals surface area contributed by atoms with E-state index in [1.54, 1.807) is 18.7 Å². The molecule has 0 radical (unpaired) electrons. The number of hydrogen-bond acceptors (Lipinski definition) is 4. The molecule has 0 saturated heterocycles. The summed E-state index contributed by atoms with van der Waals surface area (Å²) in [6.45, 7) is 8.07. The van der Waals surface area contributed by atoms with Gasteiger partial charge in [-0.2, -0.15) is 11.8 Å². The fourth-order valence-corrected chi connectivity index (χ4v) is 2.66. The second-order valence-corrected chi connectivity index (χ2v) is 6.11. The average molecular weight is 275 g/mol. The zero-order valence-electron chi connectivity index (χ0n) is 11.6. The SMILES string of the molecule is CCC(CN=C(C)N)SC[C@](N)(C(=O)O)C(C)C. The fourth-order valence-electron chi connectivity index (χ4n) is 1.28. The molecule has 6 heteroatoms. The molecule has 1 unspecified atom stereocenters. The summed E-state index contributed by atoms with van der Waals surface area (Å²) in [6, 6.07) is 0. The maximum absolute atomic E-state index is 11.2. The van der Waals surface area contributed by atoms with Crippen LogP contribution >= 0.6 is 11.8 Å². The Kier molecular flexibility index (Phi) is 7.32. The summed E-state index contributed by atoms with van der Waals surface area (Å²) in [4.78, 5) is 15.4. The first-order valence-corrected chi connectivity index (χ1v) is 7.19. The number of carboxylic acid groups (broad SMARTS) is 1. The van der Waals surface area contributed by atoms with Gasteiger partial charge in [0.1, 0.15) is 5.54 Å². The molecule has 5 N–H and O–H groups in total. The highest BCUT2D eigenvalue weighted by Gasteiger charge is 2.37. The first kappa shape index (κ1) is 17.2. The molecule has 0 amide bonds. The van der Waals surface area contributed by atoms with Crippen LogP contribution in [0.5, 0.6) is 0 Å². The second kappa shape index (κ2) is 7.63. The van der Waals surface area contributed by atoms with Crippen LogP contribution in [0.15, 0.2) is 4.99 Å². The van der Waals surface area contributed by atoms with Gasteiger partial charge in [-0.1, -0.05) is 20.8 Å². The summed E-state index contributed by atoms with van der Waals surface area (Å²) in [6.07, 6.45) is 0.912. The molecule has 2 atom stereocenters. The number of aliphatic carboxylic acids is 1. The molecule has 0 aromatic rings. The zero-order chi connectivity index (χ0) is 14.3. The van der Waals surface area contributed by atoms with E-state index in [1.165, 1.54) is 0 Å². The van der Waals surface area contributed by atoms with E-state index < -0.39 is 11.5 Å². The maximum atomic E-state index is 11.2. The molecule has 18 heavy (non-hydrogen) atoms. The van der Waals surface area contributed by atoms with Gasteiger partial charge in [0.25, 0.3) is 0 Å². The number of aliphatic imine (C=N–C) groups is 1. The van der Waals surface area contributed by atoms with E-state index in [2.05, 4.69) is 4.99 Å². The number of carbonyl (C=O) groups is 1. The minimum absolute atomic E-state index is 0.111. The van der Waals surface area contributed by atoms with E-state index in [0.29, 0.717) is 18.1 Å². The monoisotopic (exact) mass is 275 g/mol. The minimum Gasteiger partial charge on any atom is -0.480 e. The van der Waals surface area contributed by atoms with Gasteiger partial charge in [0.05, 0.1) is 12.4 Å². The van der Waals surface area contributed by atoms with Crippen LogP contribution in [-0.2, 0) is 4.79 Å². The Morgan fingerprint density at radius 1 is 1.50 bits per heavy atom. The third-order valence-corrected chi connectivity index (χ3v) is 4.58. The molecule has 0 saturated carbocycles. The first-order valence-electron chi connectivity index (χ1n) is 6.14. The summed E-state index contributed by atoms with van der Waals surface area (Å²) in [5, 5.41) is 9.47. The predicted octanol–water partition coefficient (Wildman–Crippen LogP) is 1.31. The first-order chi connectivity index (χ1) is 8.24. The van der Waals surface area contributed by atoms with E-state index in [9.17, 15) is 9.90 Å². The minimum atomic E-state index is -1.18. The average Bonchev–Trinajstić information content (AvgIpc) is 2.27. The molecular formula is C12H25N3O2S. The fraction of sp³-hybridized carbons (Fsp3) is 0.833. The van der Waals surface area contributed by atoms with Gasteiger partial charge in [-0.3, -0.25) is 9.79 Å². The number of nitrogens with zero attached hydrogens (tertiary/aromatic N) is 1. The van der Waals surface area contributed by atoms with Crippen molar-refractivity contribution in [2.75, 3.05) is 12.3 Å². The van der Waals surface area contributed by atoms with Crippen molar-refractivity contribution >= 4 is 23.6 Å². The number of nitrogens with two attached hydrogens (primary N) is 2. The molecule has 0 spiro atoms. The molecule has 0 heterocycles. The van der Waals surface area contributed by atoms with Gasteiger partial charge in [0.2, 0.25) is 0 Å². The highest BCUT2D eigenvalue weighted by atomic mass is 32.2. The molecule has 0 bridgehead atoms. The summed E-state index contributed by atoms with van der Waals surface area (Å²) in [5.74, 6) is -0.120. The van der Waals surface area contributed by atoms with Crippen LogP contribution in [0.4, 0.5) is 0 Å². The van der Waals surface area contributed by atoms with Gasteiger partial charge < -0.3 is 16.6 Å². The van der Waals surface area contributed by atoms with Gasteiger partial charge in [0, 0.05) is 11.0 Å². The highest BCUT2D eigenvalue weighted by Crippen LogP contribution is 2.24. The predicted molar refractivity (Wildman–Crippen MR) is 78.1 cm³/mol. The Morgan fingerprint density at radius 3 is 2.39 bits per heavy atom. The number of hydrogen-bond donors (Lipinski definition) is 3. The van der Waals surface area contributed by atoms with Gasteiger partial charge >= 0.3 is 5.97 Å². The van der Waals surface area contributed by atoms with Crippen molar-refractivity contribution in [2.24, 2.45) is 22.4 Å². The quantitative estimate of drug-likeness (QED) is 0.458. The molecule has 0 aromatic heterocycles. The van der Waals surface area contributed by atoms with Crippen molar-refractivity contribution in [3.05, 3.63) is 0 Å². The van der Waals surface area contributed by atoms with Crippen molar-refractivity contribution in [3.63, 3.8) is 0 Å². The van der Waals surface area contributed by atoms with Crippen LogP contribution in [0.1, 0.15) is 34.1 Å². The largest absolute Gasteiger partial charge is 0.480 e. The summed E-state index contributed by atoms with van der Waals surface area (Å²) in [5.41, 5.74) is 10.3. The van der Waals surface area contributed by atoms with Gasteiger partial charge in [0.15, 0.2) is 0 Å². The molecule has 0 aliphatic carbocycles. The lowest BCUT2D eigenvalue weighted by molar-refractivity contribution is -0.144. The molecule has 0 fully saturated rings. The molecule has 0 aromatic carbocycles. The Labute approximate surface area is 113 Å². The highest BCUT2D eigenvalue weighted by molar-refractivity contribution is 8.00. The van der Waals surface area contributed by atoms with Crippen LogP contribution in [-0.4, -0.2) is 40.0 Å². The van der Waals surface area contributed by atoms with Crippen molar-refractivity contribution in [1.82, 2.24) is 0 Å². The Hall–Kier alpha value is -0.750. The van der Waals surface area contributed by atoms with Gasteiger partial charge in [-0.15, -0.1) is 0 Å². The summed E-state index contributed by atoms with van der Waals surface area (Å²) in [7, 11) is 0. The van der Waals surface area contributed by atoms with Crippen molar-refractivity contribution in [1.29, 1.82) is 0 Å². The van der Waals surface area contributed by atoms with Crippen LogP contribution in [0, 0.1) is 5.92 Å². The lowest BCUT2D eigenvalue weighted by atomic mass is 9.90. The van der Waals surface area contributed by atoms with Crippen LogP contribution in [0.2, 0.25) is 0 Å². The Balaban J connectivity index is 4.50. The summed E-state index contributed by atoms with van der Waals surface area (Å²) >= 11 is 1.56.